The first-order valence-electron chi connectivity index (χ1n) is 8.78. The first-order valence-corrected chi connectivity index (χ1v) is 9.59. The van der Waals surface area contributed by atoms with Gasteiger partial charge < -0.3 is 5.32 Å². The largest absolute Gasteiger partial charge is 0.315 e. The van der Waals surface area contributed by atoms with E-state index in [1.807, 2.05) is 43.3 Å². The van der Waals surface area contributed by atoms with Gasteiger partial charge in [-0.25, -0.2) is 9.97 Å². The Bertz CT molecular complexity index is 1260. The number of aryl methyl sites for hydroxylation is 3. The van der Waals surface area contributed by atoms with E-state index in [1.165, 1.54) is 15.7 Å². The van der Waals surface area contributed by atoms with Gasteiger partial charge in [-0.15, -0.1) is 11.3 Å². The lowest BCUT2D eigenvalue weighted by atomic mass is 10.2. The molecule has 0 spiro atoms. The lowest BCUT2D eigenvalue weighted by Crippen LogP contribution is -2.25. The van der Waals surface area contributed by atoms with E-state index in [1.54, 1.807) is 26.1 Å². The van der Waals surface area contributed by atoms with Gasteiger partial charge in [0.05, 0.1) is 11.4 Å². The highest BCUT2D eigenvalue weighted by molar-refractivity contribution is 7.17. The summed E-state index contributed by atoms with van der Waals surface area (Å²) >= 11 is 1.31. The summed E-state index contributed by atoms with van der Waals surface area (Å²) in [5.41, 5.74) is 3.42. The molecule has 28 heavy (non-hydrogen) atoms. The third kappa shape index (κ3) is 3.20. The zero-order chi connectivity index (χ0) is 19.8. The second-order valence-electron chi connectivity index (χ2n) is 6.57. The quantitative estimate of drug-likeness (QED) is 0.574. The van der Waals surface area contributed by atoms with Gasteiger partial charge in [-0.2, -0.15) is 0 Å². The molecule has 7 heteroatoms. The first-order chi connectivity index (χ1) is 13.4. The molecular formula is C21H18N4O2S. The van der Waals surface area contributed by atoms with Crippen LogP contribution in [0.1, 0.15) is 26.6 Å². The van der Waals surface area contributed by atoms with Crippen molar-refractivity contribution in [3.05, 3.63) is 80.8 Å². The van der Waals surface area contributed by atoms with Crippen LogP contribution in [0.4, 0.5) is 5.69 Å². The summed E-state index contributed by atoms with van der Waals surface area (Å²) < 4.78 is 1.45. The average Bonchev–Trinajstić information content (AvgIpc) is 3.08. The molecule has 0 saturated carbocycles. The molecule has 0 aliphatic rings. The van der Waals surface area contributed by atoms with Gasteiger partial charge in [0.25, 0.3) is 11.5 Å². The topological polar surface area (TPSA) is 76.4 Å². The number of hydrogen-bond acceptors (Lipinski definition) is 5. The monoisotopic (exact) mass is 390 g/mol. The standard InChI is InChI=1S/C21H18N4O2S/c1-12-9-10-16-22-13(2)17(21(27)25(16)11-12)24-19(26)18-14(3)23-20(28-18)15-7-5-4-6-8-15/h4-11H,1-3H3,(H,24,26). The van der Waals surface area contributed by atoms with Crippen LogP contribution in [0.3, 0.4) is 0 Å². The minimum atomic E-state index is -0.355. The van der Waals surface area contributed by atoms with Crippen molar-refractivity contribution in [2.45, 2.75) is 20.8 Å². The zero-order valence-electron chi connectivity index (χ0n) is 15.7. The van der Waals surface area contributed by atoms with E-state index in [-0.39, 0.29) is 17.2 Å². The van der Waals surface area contributed by atoms with E-state index in [0.717, 1.165) is 16.1 Å². The van der Waals surface area contributed by atoms with E-state index < -0.39 is 0 Å². The van der Waals surface area contributed by atoms with Crippen molar-refractivity contribution in [3.63, 3.8) is 0 Å². The maximum Gasteiger partial charge on any atom is 0.281 e. The van der Waals surface area contributed by atoms with E-state index in [4.69, 9.17) is 0 Å². The number of carbonyl (C=O) groups excluding carboxylic acids is 1. The van der Waals surface area contributed by atoms with Gasteiger partial charge in [0.1, 0.15) is 21.2 Å². The molecule has 0 bridgehead atoms. The molecular weight excluding hydrogens is 372 g/mol. The number of fused-ring (bicyclic) bond motifs is 1. The van der Waals surface area contributed by atoms with Gasteiger partial charge in [-0.1, -0.05) is 36.4 Å². The highest BCUT2D eigenvalue weighted by atomic mass is 32.1. The fourth-order valence-corrected chi connectivity index (χ4v) is 3.95. The fourth-order valence-electron chi connectivity index (χ4n) is 2.98. The van der Waals surface area contributed by atoms with Crippen LogP contribution < -0.4 is 10.9 Å². The molecule has 0 aliphatic carbocycles. The van der Waals surface area contributed by atoms with Crippen LogP contribution in [0.2, 0.25) is 0 Å². The summed E-state index contributed by atoms with van der Waals surface area (Å²) in [5.74, 6) is -0.355. The molecule has 1 aromatic carbocycles. The molecule has 140 valence electrons. The van der Waals surface area contributed by atoms with Gasteiger partial charge >= 0.3 is 0 Å². The Morgan fingerprint density at radius 1 is 1.00 bits per heavy atom. The molecule has 4 aromatic rings. The molecule has 3 aromatic heterocycles. The molecule has 6 nitrogen and oxygen atoms in total. The number of amides is 1. The number of anilines is 1. The molecule has 3 heterocycles. The van der Waals surface area contributed by atoms with Crippen LogP contribution >= 0.6 is 11.3 Å². The first kappa shape index (κ1) is 18.1. The zero-order valence-corrected chi connectivity index (χ0v) is 16.5. The molecule has 1 N–H and O–H groups in total. The summed E-state index contributed by atoms with van der Waals surface area (Å²) in [6.07, 6.45) is 1.71. The molecule has 1 amide bonds. The summed E-state index contributed by atoms with van der Waals surface area (Å²) in [4.78, 5) is 35.2. The molecule has 0 radical (unpaired) electrons. The van der Waals surface area contributed by atoms with Crippen LogP contribution in [0.5, 0.6) is 0 Å². The van der Waals surface area contributed by atoms with Gasteiger partial charge in [0.15, 0.2) is 0 Å². The summed E-state index contributed by atoms with van der Waals surface area (Å²) in [5, 5.41) is 3.52. The van der Waals surface area contributed by atoms with Crippen LogP contribution in [-0.2, 0) is 0 Å². The predicted octanol–water partition coefficient (Wildman–Crippen LogP) is 4.00. The molecule has 0 atom stereocenters. The molecule has 0 unspecified atom stereocenters. The van der Waals surface area contributed by atoms with Crippen molar-refractivity contribution >= 4 is 28.6 Å². The number of nitrogens with zero attached hydrogens (tertiary/aromatic N) is 3. The van der Waals surface area contributed by atoms with Crippen LogP contribution in [0.25, 0.3) is 16.2 Å². The minimum absolute atomic E-state index is 0.183. The Morgan fingerprint density at radius 3 is 2.50 bits per heavy atom. The maximum absolute atomic E-state index is 12.9. The van der Waals surface area contributed by atoms with E-state index in [2.05, 4.69) is 15.3 Å². The number of carbonyl (C=O) groups is 1. The lowest BCUT2D eigenvalue weighted by Gasteiger charge is -2.09. The molecule has 0 aliphatic heterocycles. The van der Waals surface area contributed by atoms with Crippen LogP contribution in [-0.4, -0.2) is 20.3 Å². The summed E-state index contributed by atoms with van der Waals surface area (Å²) in [7, 11) is 0. The van der Waals surface area contributed by atoms with Crippen molar-refractivity contribution in [3.8, 4) is 10.6 Å². The highest BCUT2D eigenvalue weighted by Gasteiger charge is 2.19. The van der Waals surface area contributed by atoms with Crippen molar-refractivity contribution in [2.24, 2.45) is 0 Å². The number of pyridine rings is 1. The number of thiazole rings is 1. The second kappa shape index (κ2) is 7.01. The Kier molecular flexibility index (Phi) is 4.52. The fraction of sp³-hybridized carbons (Fsp3) is 0.143. The third-order valence-electron chi connectivity index (χ3n) is 4.41. The van der Waals surface area contributed by atoms with Crippen LogP contribution in [0, 0.1) is 20.8 Å². The lowest BCUT2D eigenvalue weighted by molar-refractivity contribution is 0.102. The van der Waals surface area contributed by atoms with Crippen molar-refractivity contribution in [2.75, 3.05) is 5.32 Å². The smallest absolute Gasteiger partial charge is 0.281 e. The average molecular weight is 390 g/mol. The van der Waals surface area contributed by atoms with Crippen LogP contribution in [0.15, 0.2) is 53.5 Å². The second-order valence-corrected chi connectivity index (χ2v) is 7.56. The number of aromatic nitrogens is 3. The Hall–Kier alpha value is -3.32. The van der Waals surface area contributed by atoms with E-state index >= 15 is 0 Å². The Labute approximate surface area is 165 Å². The van der Waals surface area contributed by atoms with Crippen molar-refractivity contribution < 1.29 is 4.79 Å². The van der Waals surface area contributed by atoms with Gasteiger partial charge in [-0.05, 0) is 32.4 Å². The van der Waals surface area contributed by atoms with E-state index in [0.29, 0.717) is 21.9 Å². The third-order valence-corrected chi connectivity index (χ3v) is 5.62. The molecule has 4 rings (SSSR count). The van der Waals surface area contributed by atoms with Gasteiger partial charge in [-0.3, -0.25) is 14.0 Å². The number of benzene rings is 1. The highest BCUT2D eigenvalue weighted by Crippen LogP contribution is 2.28. The normalized spacial score (nSPS) is 11.0. The Morgan fingerprint density at radius 2 is 1.75 bits per heavy atom. The SMILES string of the molecule is Cc1ccc2nc(C)c(NC(=O)c3sc(-c4ccccc4)nc3C)c(=O)n2c1. The van der Waals surface area contributed by atoms with Crippen molar-refractivity contribution in [1.29, 1.82) is 0 Å². The van der Waals surface area contributed by atoms with Crippen molar-refractivity contribution in [1.82, 2.24) is 14.4 Å². The maximum atomic E-state index is 12.9. The van der Waals surface area contributed by atoms with E-state index in [9.17, 15) is 9.59 Å². The molecule has 0 saturated heterocycles. The summed E-state index contributed by atoms with van der Waals surface area (Å²) in [6, 6.07) is 13.4. The predicted molar refractivity (Wildman–Crippen MR) is 111 cm³/mol. The minimum Gasteiger partial charge on any atom is -0.315 e. The Balaban J connectivity index is 1.71. The van der Waals surface area contributed by atoms with Gasteiger partial charge in [0.2, 0.25) is 0 Å². The number of hydrogen-bond donors (Lipinski definition) is 1. The summed E-state index contributed by atoms with van der Waals surface area (Å²) in [6.45, 7) is 5.40. The molecule has 0 fully saturated rings. The number of rotatable bonds is 3. The number of nitrogens with one attached hydrogen (secondary N) is 1. The van der Waals surface area contributed by atoms with Gasteiger partial charge in [0, 0.05) is 11.8 Å².